The number of ether oxygens (including phenoxy) is 1. The minimum Gasteiger partial charge on any atom is -0.368 e. The maximum Gasteiger partial charge on any atom is 0.249 e. The molecule has 2 saturated heterocycles. The maximum atomic E-state index is 11.8. The molecule has 2 aliphatic heterocycles. The highest BCUT2D eigenvalue weighted by atomic mass is 16.5. The van der Waals surface area contributed by atoms with Crippen LogP contribution in [-0.2, 0) is 9.53 Å². The van der Waals surface area contributed by atoms with Crippen LogP contribution in [0, 0.1) is 0 Å². The predicted octanol–water partition coefficient (Wildman–Crippen LogP) is 0.424. The van der Waals surface area contributed by atoms with Gasteiger partial charge in [0.15, 0.2) is 0 Å². The van der Waals surface area contributed by atoms with Crippen LogP contribution in [0.3, 0.4) is 0 Å². The second-order valence-electron chi connectivity index (χ2n) is 4.41. The molecular formula is C11H20N2O2. The molecule has 0 aliphatic carbocycles. The molecule has 2 N–H and O–H groups in total. The minimum absolute atomic E-state index is 0.0844. The first-order valence-electron chi connectivity index (χ1n) is 5.99. The molecule has 2 aliphatic rings. The van der Waals surface area contributed by atoms with Crippen molar-refractivity contribution < 1.29 is 9.53 Å². The third-order valence-corrected chi connectivity index (χ3v) is 3.12. The number of hydrogen-bond acceptors (Lipinski definition) is 3. The van der Waals surface area contributed by atoms with E-state index >= 15 is 0 Å². The van der Waals surface area contributed by atoms with Gasteiger partial charge < -0.3 is 15.4 Å². The monoisotopic (exact) mass is 212 g/mol. The fraction of sp³-hybridized carbons (Fsp3) is 0.909. The molecule has 0 aromatic rings. The lowest BCUT2D eigenvalue weighted by Crippen LogP contribution is -2.45. The molecule has 15 heavy (non-hydrogen) atoms. The second-order valence-corrected chi connectivity index (χ2v) is 4.41. The fourth-order valence-electron chi connectivity index (χ4n) is 2.22. The number of hydrogen-bond donors (Lipinski definition) is 2. The van der Waals surface area contributed by atoms with Crippen LogP contribution >= 0.6 is 0 Å². The van der Waals surface area contributed by atoms with E-state index in [0.717, 1.165) is 39.0 Å². The number of rotatable bonds is 2. The Balaban J connectivity index is 1.76. The van der Waals surface area contributed by atoms with Gasteiger partial charge in [-0.05, 0) is 32.2 Å². The van der Waals surface area contributed by atoms with Crippen LogP contribution < -0.4 is 10.6 Å². The zero-order valence-electron chi connectivity index (χ0n) is 9.13. The van der Waals surface area contributed by atoms with E-state index in [4.69, 9.17) is 4.74 Å². The summed E-state index contributed by atoms with van der Waals surface area (Å²) in [6.45, 7) is 2.71. The van der Waals surface area contributed by atoms with Crippen molar-refractivity contribution in [2.45, 2.75) is 44.2 Å². The van der Waals surface area contributed by atoms with Gasteiger partial charge in [0.1, 0.15) is 6.10 Å². The molecule has 0 saturated carbocycles. The predicted molar refractivity (Wildman–Crippen MR) is 57.6 cm³/mol. The molecule has 0 radical (unpaired) electrons. The molecule has 2 atom stereocenters. The van der Waals surface area contributed by atoms with Crippen molar-refractivity contribution in [2.24, 2.45) is 0 Å². The van der Waals surface area contributed by atoms with Crippen LogP contribution in [0.25, 0.3) is 0 Å². The van der Waals surface area contributed by atoms with Crippen LogP contribution in [0.4, 0.5) is 0 Å². The Hall–Kier alpha value is -0.610. The first kappa shape index (κ1) is 10.9. The van der Waals surface area contributed by atoms with Crippen LogP contribution in [0.5, 0.6) is 0 Å². The van der Waals surface area contributed by atoms with Crippen LogP contribution in [0.2, 0.25) is 0 Å². The Morgan fingerprint density at radius 1 is 1.27 bits per heavy atom. The van der Waals surface area contributed by atoms with Gasteiger partial charge in [0.2, 0.25) is 5.91 Å². The molecular weight excluding hydrogens is 192 g/mol. The lowest BCUT2D eigenvalue weighted by molar-refractivity contribution is -0.130. The van der Waals surface area contributed by atoms with Crippen molar-refractivity contribution in [3.05, 3.63) is 0 Å². The van der Waals surface area contributed by atoms with Crippen molar-refractivity contribution in [1.29, 1.82) is 0 Å². The normalized spacial score (nSPS) is 32.3. The quantitative estimate of drug-likeness (QED) is 0.697. The molecule has 4 heteroatoms. The summed E-state index contributed by atoms with van der Waals surface area (Å²) in [6, 6.07) is 0.296. The Morgan fingerprint density at radius 2 is 2.20 bits per heavy atom. The highest BCUT2D eigenvalue weighted by Crippen LogP contribution is 2.13. The summed E-state index contributed by atoms with van der Waals surface area (Å²) >= 11 is 0. The molecule has 0 bridgehead atoms. The molecule has 0 aromatic heterocycles. The second kappa shape index (κ2) is 5.47. The molecule has 1 amide bonds. The van der Waals surface area contributed by atoms with Gasteiger partial charge in [0.25, 0.3) is 0 Å². The highest BCUT2D eigenvalue weighted by molar-refractivity contribution is 5.81. The number of amides is 1. The highest BCUT2D eigenvalue weighted by Gasteiger charge is 2.25. The fourth-order valence-corrected chi connectivity index (χ4v) is 2.22. The van der Waals surface area contributed by atoms with Gasteiger partial charge in [-0.2, -0.15) is 0 Å². The standard InChI is InChI=1S/C11H20N2O2/c14-11(10-5-3-7-15-10)13-9-4-1-2-6-12-8-9/h9-10,12H,1-8H2,(H,13,14)/t9?,10-/m1/s1. The molecule has 86 valence electrons. The molecule has 0 aromatic carbocycles. The van der Waals surface area contributed by atoms with E-state index in [1.165, 1.54) is 12.8 Å². The lowest BCUT2D eigenvalue weighted by atomic mass is 10.1. The first-order valence-corrected chi connectivity index (χ1v) is 5.99. The Kier molecular flexibility index (Phi) is 3.97. The Morgan fingerprint density at radius 3 is 3.00 bits per heavy atom. The summed E-state index contributed by atoms with van der Waals surface area (Å²) in [6.07, 6.45) is 5.21. The van der Waals surface area contributed by atoms with E-state index in [1.54, 1.807) is 0 Å². The van der Waals surface area contributed by atoms with Crippen molar-refractivity contribution >= 4 is 5.91 Å². The van der Waals surface area contributed by atoms with Gasteiger partial charge in [-0.3, -0.25) is 4.79 Å². The molecule has 1 unspecified atom stereocenters. The minimum atomic E-state index is -0.187. The van der Waals surface area contributed by atoms with E-state index < -0.39 is 0 Å². The number of carbonyl (C=O) groups is 1. The van der Waals surface area contributed by atoms with E-state index in [9.17, 15) is 4.79 Å². The molecule has 2 fully saturated rings. The molecule has 2 rings (SSSR count). The van der Waals surface area contributed by atoms with Gasteiger partial charge in [-0.1, -0.05) is 6.42 Å². The van der Waals surface area contributed by atoms with Gasteiger partial charge in [-0.25, -0.2) is 0 Å². The van der Waals surface area contributed by atoms with Crippen molar-refractivity contribution in [3.63, 3.8) is 0 Å². The zero-order chi connectivity index (χ0) is 10.5. The number of nitrogens with one attached hydrogen (secondary N) is 2. The SMILES string of the molecule is O=C(NC1CCCCNC1)[C@H]1CCCO1. The summed E-state index contributed by atoms with van der Waals surface area (Å²) in [4.78, 5) is 11.8. The van der Waals surface area contributed by atoms with Crippen LogP contribution in [0.1, 0.15) is 32.1 Å². The van der Waals surface area contributed by atoms with Crippen LogP contribution in [-0.4, -0.2) is 37.7 Å². The molecule has 4 nitrogen and oxygen atoms in total. The maximum absolute atomic E-state index is 11.8. The van der Waals surface area contributed by atoms with E-state index in [2.05, 4.69) is 10.6 Å². The summed E-state index contributed by atoms with van der Waals surface area (Å²) in [7, 11) is 0. The van der Waals surface area contributed by atoms with Crippen LogP contribution in [0.15, 0.2) is 0 Å². The zero-order valence-corrected chi connectivity index (χ0v) is 9.13. The lowest BCUT2D eigenvalue weighted by Gasteiger charge is -2.18. The number of carbonyl (C=O) groups excluding carboxylic acids is 1. The average molecular weight is 212 g/mol. The molecule has 0 spiro atoms. The molecule has 2 heterocycles. The summed E-state index contributed by atoms with van der Waals surface area (Å²) in [5, 5.41) is 6.41. The topological polar surface area (TPSA) is 50.4 Å². The van der Waals surface area contributed by atoms with Crippen molar-refractivity contribution in [2.75, 3.05) is 19.7 Å². The van der Waals surface area contributed by atoms with Crippen molar-refractivity contribution in [3.8, 4) is 0 Å². The van der Waals surface area contributed by atoms with Gasteiger partial charge in [0.05, 0.1) is 0 Å². The van der Waals surface area contributed by atoms with E-state index in [-0.39, 0.29) is 12.0 Å². The summed E-state index contributed by atoms with van der Waals surface area (Å²) in [5.74, 6) is 0.0844. The Labute approximate surface area is 90.8 Å². The van der Waals surface area contributed by atoms with Gasteiger partial charge in [0, 0.05) is 19.2 Å². The first-order chi connectivity index (χ1) is 7.36. The van der Waals surface area contributed by atoms with E-state index in [1.807, 2.05) is 0 Å². The smallest absolute Gasteiger partial charge is 0.249 e. The van der Waals surface area contributed by atoms with E-state index in [0.29, 0.717) is 6.04 Å². The third-order valence-electron chi connectivity index (χ3n) is 3.12. The Bertz CT molecular complexity index is 207. The summed E-state index contributed by atoms with van der Waals surface area (Å²) in [5.41, 5.74) is 0. The summed E-state index contributed by atoms with van der Waals surface area (Å²) < 4.78 is 5.36. The van der Waals surface area contributed by atoms with Gasteiger partial charge in [-0.15, -0.1) is 0 Å². The van der Waals surface area contributed by atoms with Crippen molar-refractivity contribution in [1.82, 2.24) is 10.6 Å². The third kappa shape index (κ3) is 3.18. The van der Waals surface area contributed by atoms with Gasteiger partial charge >= 0.3 is 0 Å². The largest absolute Gasteiger partial charge is 0.368 e. The average Bonchev–Trinajstić information content (AvgIpc) is 2.65.